The average molecular weight is 320 g/mol. The van der Waals surface area contributed by atoms with Crippen LogP contribution in [0, 0.1) is 0 Å². The van der Waals surface area contributed by atoms with Crippen molar-refractivity contribution in [3.63, 3.8) is 0 Å². The molecule has 0 N–H and O–H groups in total. The molecule has 1 aliphatic carbocycles. The van der Waals surface area contributed by atoms with E-state index in [2.05, 4.69) is 67.6 Å². The normalized spacial score (nSPS) is 21.2. The summed E-state index contributed by atoms with van der Waals surface area (Å²) in [6.45, 7) is 2.77. The molecule has 0 heterocycles. The lowest BCUT2D eigenvalue weighted by molar-refractivity contribution is 0.185. The van der Waals surface area contributed by atoms with Gasteiger partial charge in [0.25, 0.3) is 0 Å². The second kappa shape index (κ2) is 8.30. The molecule has 1 nitrogen and oxygen atoms in total. The summed E-state index contributed by atoms with van der Waals surface area (Å²) in [4.78, 5) is 0. The van der Waals surface area contributed by atoms with E-state index in [-0.39, 0.29) is 0 Å². The molecule has 0 radical (unpaired) electrons. The SMILES string of the molecule is C/C=C\c1ccc([C@H]2CC[C@H](c3ccc(COC)cc3)CC2)cc1. The van der Waals surface area contributed by atoms with Crippen LogP contribution in [0.15, 0.2) is 54.6 Å². The van der Waals surface area contributed by atoms with E-state index in [4.69, 9.17) is 4.74 Å². The van der Waals surface area contributed by atoms with Crippen molar-refractivity contribution in [2.45, 2.75) is 51.0 Å². The molecule has 0 aliphatic heterocycles. The van der Waals surface area contributed by atoms with Crippen molar-refractivity contribution in [3.05, 3.63) is 76.9 Å². The Hall–Kier alpha value is -1.86. The highest BCUT2D eigenvalue weighted by Crippen LogP contribution is 2.40. The van der Waals surface area contributed by atoms with Gasteiger partial charge in [-0.15, -0.1) is 0 Å². The van der Waals surface area contributed by atoms with Crippen molar-refractivity contribution < 1.29 is 4.74 Å². The van der Waals surface area contributed by atoms with E-state index in [1.54, 1.807) is 7.11 Å². The van der Waals surface area contributed by atoms with Crippen molar-refractivity contribution in [2.75, 3.05) is 7.11 Å². The Bertz CT molecular complexity index is 643. The summed E-state index contributed by atoms with van der Waals surface area (Å²) in [6, 6.07) is 18.2. The first-order valence-electron chi connectivity index (χ1n) is 9.10. The Morgan fingerprint density at radius 1 is 0.833 bits per heavy atom. The largest absolute Gasteiger partial charge is 0.380 e. The molecule has 0 aromatic heterocycles. The van der Waals surface area contributed by atoms with Gasteiger partial charge >= 0.3 is 0 Å². The first-order chi connectivity index (χ1) is 11.8. The maximum absolute atomic E-state index is 5.20. The van der Waals surface area contributed by atoms with E-state index < -0.39 is 0 Å². The van der Waals surface area contributed by atoms with Gasteiger partial charge in [0.2, 0.25) is 0 Å². The summed E-state index contributed by atoms with van der Waals surface area (Å²) in [6.07, 6.45) is 9.45. The van der Waals surface area contributed by atoms with Gasteiger partial charge < -0.3 is 4.74 Å². The van der Waals surface area contributed by atoms with Crippen LogP contribution < -0.4 is 0 Å². The zero-order chi connectivity index (χ0) is 16.8. The van der Waals surface area contributed by atoms with Crippen LogP contribution in [-0.4, -0.2) is 7.11 Å². The van der Waals surface area contributed by atoms with Crippen LogP contribution in [0.4, 0.5) is 0 Å². The predicted octanol–water partition coefficient (Wildman–Crippen LogP) is 6.31. The molecule has 2 aromatic carbocycles. The Balaban J connectivity index is 1.58. The van der Waals surface area contributed by atoms with Crippen molar-refractivity contribution in [3.8, 4) is 0 Å². The van der Waals surface area contributed by atoms with E-state index in [1.807, 2.05) is 0 Å². The van der Waals surface area contributed by atoms with E-state index in [1.165, 1.54) is 47.9 Å². The molecule has 1 heteroatoms. The lowest BCUT2D eigenvalue weighted by Gasteiger charge is -2.29. The fraction of sp³-hybridized carbons (Fsp3) is 0.391. The van der Waals surface area contributed by atoms with Crippen LogP contribution >= 0.6 is 0 Å². The second-order valence-corrected chi connectivity index (χ2v) is 6.89. The topological polar surface area (TPSA) is 9.23 Å². The lowest BCUT2D eigenvalue weighted by atomic mass is 9.76. The average Bonchev–Trinajstić information content (AvgIpc) is 2.64. The smallest absolute Gasteiger partial charge is 0.0713 e. The molecule has 0 saturated heterocycles. The number of rotatable bonds is 5. The van der Waals surface area contributed by atoms with Crippen LogP contribution in [0.25, 0.3) is 6.08 Å². The number of allylic oxidation sites excluding steroid dienone is 1. The third-order valence-electron chi connectivity index (χ3n) is 5.26. The van der Waals surface area contributed by atoms with Crippen LogP contribution in [0.5, 0.6) is 0 Å². The zero-order valence-corrected chi connectivity index (χ0v) is 14.9. The summed E-state index contributed by atoms with van der Waals surface area (Å²) < 4.78 is 5.20. The molecule has 0 bridgehead atoms. The van der Waals surface area contributed by atoms with Crippen molar-refractivity contribution in [1.29, 1.82) is 0 Å². The second-order valence-electron chi connectivity index (χ2n) is 6.89. The molecule has 0 amide bonds. The molecule has 3 rings (SSSR count). The van der Waals surface area contributed by atoms with E-state index in [0.717, 1.165) is 11.8 Å². The van der Waals surface area contributed by atoms with Gasteiger partial charge in [-0.1, -0.05) is 60.7 Å². The predicted molar refractivity (Wildman–Crippen MR) is 102 cm³/mol. The number of ether oxygens (including phenoxy) is 1. The number of hydrogen-bond donors (Lipinski definition) is 0. The van der Waals surface area contributed by atoms with Crippen molar-refractivity contribution in [1.82, 2.24) is 0 Å². The van der Waals surface area contributed by atoms with Gasteiger partial charge in [-0.2, -0.15) is 0 Å². The quantitative estimate of drug-likeness (QED) is 0.627. The molecule has 1 fully saturated rings. The first-order valence-corrected chi connectivity index (χ1v) is 9.10. The highest BCUT2D eigenvalue weighted by Gasteiger charge is 2.23. The number of benzene rings is 2. The fourth-order valence-corrected chi connectivity index (χ4v) is 3.88. The van der Waals surface area contributed by atoms with E-state index in [9.17, 15) is 0 Å². The highest BCUT2D eigenvalue weighted by molar-refractivity contribution is 5.49. The fourth-order valence-electron chi connectivity index (χ4n) is 3.88. The van der Waals surface area contributed by atoms with Gasteiger partial charge in [-0.3, -0.25) is 0 Å². The molecule has 0 unspecified atom stereocenters. The van der Waals surface area contributed by atoms with Gasteiger partial charge in [0, 0.05) is 7.11 Å². The van der Waals surface area contributed by atoms with Crippen LogP contribution in [0.1, 0.15) is 66.7 Å². The number of hydrogen-bond acceptors (Lipinski definition) is 1. The maximum Gasteiger partial charge on any atom is 0.0713 e. The van der Waals surface area contributed by atoms with Gasteiger partial charge in [-0.25, -0.2) is 0 Å². The van der Waals surface area contributed by atoms with Gasteiger partial charge in [0.1, 0.15) is 0 Å². The first kappa shape index (κ1) is 17.0. The summed E-state index contributed by atoms with van der Waals surface area (Å²) in [5, 5.41) is 0. The third kappa shape index (κ3) is 4.15. The molecule has 126 valence electrons. The standard InChI is InChI=1S/C23H28O/c1-3-4-18-5-9-20(10-6-18)22-13-15-23(16-14-22)21-11-7-19(8-12-21)17-24-2/h3-12,22-23H,13-17H2,1-2H3/b4-3-/t22-,23-. The molecule has 24 heavy (non-hydrogen) atoms. The maximum atomic E-state index is 5.20. The van der Waals surface area contributed by atoms with E-state index >= 15 is 0 Å². The summed E-state index contributed by atoms with van der Waals surface area (Å²) in [7, 11) is 1.75. The Morgan fingerprint density at radius 2 is 1.33 bits per heavy atom. The third-order valence-corrected chi connectivity index (χ3v) is 5.26. The Kier molecular flexibility index (Phi) is 5.87. The lowest BCUT2D eigenvalue weighted by Crippen LogP contribution is -2.12. The van der Waals surface area contributed by atoms with Crippen LogP contribution in [-0.2, 0) is 11.3 Å². The van der Waals surface area contributed by atoms with Gasteiger partial charge in [0.05, 0.1) is 6.61 Å². The van der Waals surface area contributed by atoms with Gasteiger partial charge in [-0.05, 0) is 66.7 Å². The van der Waals surface area contributed by atoms with Crippen molar-refractivity contribution in [2.24, 2.45) is 0 Å². The number of methoxy groups -OCH3 is 1. The monoisotopic (exact) mass is 320 g/mol. The highest BCUT2D eigenvalue weighted by atomic mass is 16.5. The van der Waals surface area contributed by atoms with E-state index in [0.29, 0.717) is 6.61 Å². The molecular formula is C23H28O. The minimum Gasteiger partial charge on any atom is -0.380 e. The summed E-state index contributed by atoms with van der Waals surface area (Å²) in [5.41, 5.74) is 5.57. The van der Waals surface area contributed by atoms with Crippen LogP contribution in [0.3, 0.4) is 0 Å². The molecule has 0 atom stereocenters. The molecule has 1 saturated carbocycles. The summed E-state index contributed by atoms with van der Waals surface area (Å²) in [5.74, 6) is 1.45. The van der Waals surface area contributed by atoms with Crippen molar-refractivity contribution >= 4 is 6.08 Å². The van der Waals surface area contributed by atoms with Crippen LogP contribution in [0.2, 0.25) is 0 Å². The zero-order valence-electron chi connectivity index (χ0n) is 14.9. The Labute approximate surface area is 146 Å². The molecule has 1 aliphatic rings. The Morgan fingerprint density at radius 3 is 1.79 bits per heavy atom. The molecule has 0 spiro atoms. The summed E-state index contributed by atoms with van der Waals surface area (Å²) >= 11 is 0. The van der Waals surface area contributed by atoms with Gasteiger partial charge in [0.15, 0.2) is 0 Å². The molecule has 2 aromatic rings. The minimum absolute atomic E-state index is 0.705. The minimum atomic E-state index is 0.705. The molecular weight excluding hydrogens is 292 g/mol.